The average molecular weight is 391 g/mol. The van der Waals surface area contributed by atoms with E-state index in [1.165, 1.54) is 6.07 Å². The number of hydrogen-bond acceptors (Lipinski definition) is 6. The Morgan fingerprint density at radius 1 is 1.32 bits per heavy atom. The van der Waals surface area contributed by atoms with Crippen LogP contribution in [-0.2, 0) is 14.4 Å². The minimum atomic E-state index is -1.15. The Morgan fingerprint density at radius 3 is 2.64 bits per heavy atom. The van der Waals surface area contributed by atoms with Crippen molar-refractivity contribution >= 4 is 29.2 Å². The lowest BCUT2D eigenvalue weighted by Gasteiger charge is -2.62. The van der Waals surface area contributed by atoms with Crippen LogP contribution < -0.4 is 15.5 Å². The van der Waals surface area contributed by atoms with Crippen molar-refractivity contribution in [2.45, 2.75) is 43.7 Å². The van der Waals surface area contributed by atoms with Gasteiger partial charge in [-0.1, -0.05) is 0 Å². The number of aliphatic carboxylic acids is 1. The fraction of sp³-hybridized carbons (Fsp3) is 0.526. The third-order valence-corrected chi connectivity index (χ3v) is 5.81. The Hall–Kier alpha value is -2.68. The number of carboxylic acids is 1. The van der Waals surface area contributed by atoms with E-state index in [2.05, 4.69) is 10.6 Å². The fourth-order valence-corrected chi connectivity index (χ4v) is 4.79. The number of halogens is 1. The lowest BCUT2D eigenvalue weighted by atomic mass is 9.54. The van der Waals surface area contributed by atoms with Gasteiger partial charge in [0.05, 0.1) is 17.7 Å². The van der Waals surface area contributed by atoms with Crippen molar-refractivity contribution in [1.82, 2.24) is 5.32 Å². The third kappa shape index (κ3) is 3.42. The average Bonchev–Trinajstić information content (AvgIpc) is 2.53. The SMILES string of the molecule is O=C(O)CC1(O)CC2(CN(c3ccc(NC4CCC(=O)NC4=O)cc3F)C2)C1. The number of hydrogen-bond donors (Lipinski definition) is 4. The van der Waals surface area contributed by atoms with Crippen LogP contribution in [0.3, 0.4) is 0 Å². The van der Waals surface area contributed by atoms with Crippen molar-refractivity contribution in [3.63, 3.8) is 0 Å². The molecule has 4 rings (SSSR count). The summed E-state index contributed by atoms with van der Waals surface area (Å²) in [4.78, 5) is 35.7. The molecule has 1 unspecified atom stereocenters. The summed E-state index contributed by atoms with van der Waals surface area (Å²) >= 11 is 0. The standard InChI is InChI=1S/C19H22FN3O5/c20-12-5-11(21-13-2-4-15(24)22-17(13)27)1-3-14(12)23-9-18(10-23)7-19(28,8-18)6-16(25)26/h1,3,5,13,21,28H,2,4,6-10H2,(H,25,26)(H,22,24,27). The van der Waals surface area contributed by atoms with Crippen molar-refractivity contribution in [2.24, 2.45) is 5.41 Å². The minimum Gasteiger partial charge on any atom is -0.481 e. The van der Waals surface area contributed by atoms with E-state index in [-0.39, 0.29) is 24.2 Å². The fourth-order valence-electron chi connectivity index (χ4n) is 4.79. The van der Waals surface area contributed by atoms with E-state index in [1.807, 2.05) is 4.90 Å². The predicted octanol–water partition coefficient (Wildman–Crippen LogP) is 0.849. The Bertz CT molecular complexity index is 844. The summed E-state index contributed by atoms with van der Waals surface area (Å²) in [5, 5.41) is 24.2. The molecule has 3 fully saturated rings. The molecule has 2 heterocycles. The molecular weight excluding hydrogens is 369 g/mol. The lowest BCUT2D eigenvalue weighted by molar-refractivity contribution is -0.166. The van der Waals surface area contributed by atoms with Crippen LogP contribution in [-0.4, -0.2) is 52.7 Å². The van der Waals surface area contributed by atoms with Gasteiger partial charge in [-0.3, -0.25) is 19.7 Å². The van der Waals surface area contributed by atoms with Gasteiger partial charge >= 0.3 is 5.97 Å². The van der Waals surface area contributed by atoms with Gasteiger partial charge in [-0.15, -0.1) is 0 Å². The third-order valence-electron chi connectivity index (χ3n) is 5.81. The van der Waals surface area contributed by atoms with Crippen molar-refractivity contribution in [1.29, 1.82) is 0 Å². The molecule has 3 aliphatic rings. The van der Waals surface area contributed by atoms with E-state index in [0.717, 1.165) is 0 Å². The summed E-state index contributed by atoms with van der Waals surface area (Å²) < 4.78 is 14.6. The molecule has 4 N–H and O–H groups in total. The van der Waals surface area contributed by atoms with E-state index < -0.39 is 29.3 Å². The number of nitrogens with zero attached hydrogens (tertiary/aromatic N) is 1. The first-order valence-electron chi connectivity index (χ1n) is 9.26. The lowest BCUT2D eigenvalue weighted by Crippen LogP contribution is -2.68. The number of amides is 2. The van der Waals surface area contributed by atoms with Crippen molar-refractivity contribution in [3.05, 3.63) is 24.0 Å². The number of benzene rings is 1. The molecule has 8 nitrogen and oxygen atoms in total. The number of rotatable bonds is 5. The Balaban J connectivity index is 1.34. The molecule has 2 saturated heterocycles. The van der Waals surface area contributed by atoms with Crippen LogP contribution in [0.25, 0.3) is 0 Å². The Labute approximate surface area is 160 Å². The van der Waals surface area contributed by atoms with E-state index >= 15 is 0 Å². The smallest absolute Gasteiger partial charge is 0.306 e. The van der Waals surface area contributed by atoms with Gasteiger partial charge in [0.2, 0.25) is 11.8 Å². The van der Waals surface area contributed by atoms with Gasteiger partial charge in [-0.25, -0.2) is 4.39 Å². The monoisotopic (exact) mass is 391 g/mol. The van der Waals surface area contributed by atoms with Crippen LogP contribution in [0.2, 0.25) is 0 Å². The molecule has 9 heteroatoms. The molecule has 1 aliphatic carbocycles. The summed E-state index contributed by atoms with van der Waals surface area (Å²) in [6, 6.07) is 4.08. The number of imide groups is 1. The van der Waals surface area contributed by atoms with Crippen LogP contribution in [0.4, 0.5) is 15.8 Å². The number of carbonyl (C=O) groups is 3. The normalized spacial score (nSPS) is 24.9. The van der Waals surface area contributed by atoms with Crippen LogP contribution in [0.15, 0.2) is 18.2 Å². The maximum atomic E-state index is 14.6. The van der Waals surface area contributed by atoms with E-state index in [9.17, 15) is 23.9 Å². The Morgan fingerprint density at radius 2 is 2.04 bits per heavy atom. The van der Waals surface area contributed by atoms with Gasteiger partial charge in [0.1, 0.15) is 11.9 Å². The molecule has 2 amide bonds. The van der Waals surface area contributed by atoms with Crippen LogP contribution >= 0.6 is 0 Å². The van der Waals surface area contributed by atoms with Gasteiger partial charge in [-0.05, 0) is 37.5 Å². The van der Waals surface area contributed by atoms with E-state index in [1.54, 1.807) is 12.1 Å². The van der Waals surface area contributed by atoms with E-state index in [0.29, 0.717) is 43.7 Å². The molecule has 0 aromatic heterocycles. The summed E-state index contributed by atoms with van der Waals surface area (Å²) in [6.07, 6.45) is 1.18. The molecule has 1 atom stereocenters. The summed E-state index contributed by atoms with van der Waals surface area (Å²) in [5.41, 5.74) is -0.384. The molecule has 1 aromatic rings. The number of carbonyl (C=O) groups excluding carboxylic acids is 2. The zero-order valence-corrected chi connectivity index (χ0v) is 15.2. The Kier molecular flexibility index (Phi) is 4.29. The van der Waals surface area contributed by atoms with Gasteiger partial charge in [0.25, 0.3) is 0 Å². The van der Waals surface area contributed by atoms with Gasteiger partial charge in [-0.2, -0.15) is 0 Å². The molecule has 0 bridgehead atoms. The highest BCUT2D eigenvalue weighted by Gasteiger charge is 2.60. The first kappa shape index (κ1) is 18.7. The predicted molar refractivity (Wildman–Crippen MR) is 97.3 cm³/mol. The number of anilines is 2. The second-order valence-electron chi connectivity index (χ2n) is 8.32. The summed E-state index contributed by atoms with van der Waals surface area (Å²) in [6.45, 7) is 1.15. The van der Waals surface area contributed by atoms with Crippen molar-refractivity contribution < 1.29 is 29.0 Å². The first-order chi connectivity index (χ1) is 13.2. The van der Waals surface area contributed by atoms with Gasteiger partial charge < -0.3 is 20.4 Å². The maximum absolute atomic E-state index is 14.6. The number of nitrogens with one attached hydrogen (secondary N) is 2. The highest BCUT2D eigenvalue weighted by Crippen LogP contribution is 2.56. The minimum absolute atomic E-state index is 0.139. The molecule has 1 saturated carbocycles. The largest absolute Gasteiger partial charge is 0.481 e. The van der Waals surface area contributed by atoms with Gasteiger partial charge in [0.15, 0.2) is 0 Å². The van der Waals surface area contributed by atoms with Crippen molar-refractivity contribution in [2.75, 3.05) is 23.3 Å². The van der Waals surface area contributed by atoms with Crippen LogP contribution in [0.1, 0.15) is 32.1 Å². The van der Waals surface area contributed by atoms with Crippen molar-refractivity contribution in [3.8, 4) is 0 Å². The van der Waals surface area contributed by atoms with Crippen LogP contribution in [0, 0.1) is 11.2 Å². The quantitative estimate of drug-likeness (QED) is 0.550. The topological polar surface area (TPSA) is 119 Å². The highest BCUT2D eigenvalue weighted by atomic mass is 19.1. The highest BCUT2D eigenvalue weighted by molar-refractivity contribution is 6.01. The first-order valence-corrected chi connectivity index (χ1v) is 9.26. The molecular formula is C19H22FN3O5. The number of aliphatic hydroxyl groups is 1. The molecule has 1 aromatic carbocycles. The van der Waals surface area contributed by atoms with Crippen LogP contribution in [0.5, 0.6) is 0 Å². The second kappa shape index (κ2) is 6.44. The number of piperidine rings is 1. The molecule has 28 heavy (non-hydrogen) atoms. The zero-order chi connectivity index (χ0) is 20.1. The molecule has 150 valence electrons. The zero-order valence-electron chi connectivity index (χ0n) is 15.2. The maximum Gasteiger partial charge on any atom is 0.306 e. The second-order valence-corrected chi connectivity index (χ2v) is 8.32. The van der Waals surface area contributed by atoms with E-state index in [4.69, 9.17) is 5.11 Å². The molecule has 2 aliphatic heterocycles. The van der Waals surface area contributed by atoms with Gasteiger partial charge in [0, 0.05) is 30.6 Å². The molecule has 1 spiro atoms. The molecule has 0 radical (unpaired) electrons. The summed E-state index contributed by atoms with van der Waals surface area (Å²) in [5.74, 6) is -2.15. The summed E-state index contributed by atoms with van der Waals surface area (Å²) in [7, 11) is 0. The number of carboxylic acid groups (broad SMARTS) is 1.